The van der Waals surface area contributed by atoms with Crippen molar-refractivity contribution in [3.63, 3.8) is 0 Å². The van der Waals surface area contributed by atoms with Gasteiger partial charge in [0, 0.05) is 24.2 Å². The van der Waals surface area contributed by atoms with Crippen molar-refractivity contribution in [3.05, 3.63) is 48.0 Å². The molecule has 0 aliphatic heterocycles. The van der Waals surface area contributed by atoms with Crippen LogP contribution in [-0.4, -0.2) is 24.9 Å². The molecule has 2 radical (unpaired) electrons. The molecule has 1 heterocycles. The summed E-state index contributed by atoms with van der Waals surface area (Å²) in [4.78, 5) is 9.98. The largest absolute Gasteiger partial charge is 0.329 e. The monoisotopic (exact) mass is 311 g/mol. The van der Waals surface area contributed by atoms with E-state index in [-0.39, 0.29) is 11.5 Å². The molecule has 0 unspecified atom stereocenters. The lowest BCUT2D eigenvalue weighted by molar-refractivity contribution is 0.510. The number of nitrogens with one attached hydrogen (secondary N) is 1. The van der Waals surface area contributed by atoms with Crippen LogP contribution < -0.4 is 21.6 Å². The molecule has 8 heteroatoms. The van der Waals surface area contributed by atoms with Gasteiger partial charge < -0.3 is 4.90 Å². The maximum absolute atomic E-state index is 13.6. The second kappa shape index (κ2) is 5.81. The highest BCUT2D eigenvalue weighted by atomic mass is 19.2. The van der Waals surface area contributed by atoms with Crippen molar-refractivity contribution in [2.75, 3.05) is 17.4 Å². The number of hydrogen-bond donors (Lipinski definition) is 2. The predicted molar refractivity (Wildman–Crippen MR) is 87.2 cm³/mol. The van der Waals surface area contributed by atoms with E-state index in [9.17, 15) is 8.78 Å². The molecule has 0 saturated heterocycles. The summed E-state index contributed by atoms with van der Waals surface area (Å²) in [5, 5.41) is 0.354. The number of nitrogen functional groups attached to an aromatic ring is 1. The normalized spacial score (nSPS) is 10.8. The van der Waals surface area contributed by atoms with E-state index in [4.69, 9.17) is 13.7 Å². The van der Waals surface area contributed by atoms with Gasteiger partial charge in [0.2, 0.25) is 5.95 Å². The number of benzene rings is 2. The maximum atomic E-state index is 13.6. The number of aromatic nitrogens is 2. The average Bonchev–Trinajstić information content (AvgIpc) is 2.54. The fourth-order valence-electron chi connectivity index (χ4n) is 2.28. The highest BCUT2D eigenvalue weighted by Gasteiger charge is 2.16. The molecule has 0 fully saturated rings. The van der Waals surface area contributed by atoms with Crippen LogP contribution in [0, 0.1) is 11.6 Å². The highest BCUT2D eigenvalue weighted by Crippen LogP contribution is 2.30. The maximum Gasteiger partial charge on any atom is 0.239 e. The van der Waals surface area contributed by atoms with E-state index in [0.29, 0.717) is 16.7 Å². The quantitative estimate of drug-likeness (QED) is 0.438. The van der Waals surface area contributed by atoms with Crippen molar-refractivity contribution in [2.24, 2.45) is 5.84 Å². The minimum absolute atomic E-state index is 0.0919. The Balaban J connectivity index is 2.24. The van der Waals surface area contributed by atoms with Crippen LogP contribution in [-0.2, 0) is 0 Å². The van der Waals surface area contributed by atoms with Crippen molar-refractivity contribution >= 4 is 41.7 Å². The van der Waals surface area contributed by atoms with Crippen LogP contribution in [0.4, 0.5) is 26.2 Å². The fourth-order valence-corrected chi connectivity index (χ4v) is 2.28. The summed E-state index contributed by atoms with van der Waals surface area (Å²) in [5.41, 5.74) is 3.86. The van der Waals surface area contributed by atoms with Crippen molar-refractivity contribution in [1.29, 1.82) is 0 Å². The zero-order valence-corrected chi connectivity index (χ0v) is 12.2. The summed E-state index contributed by atoms with van der Waals surface area (Å²) in [7, 11) is 7.52. The van der Waals surface area contributed by atoms with Crippen LogP contribution in [0.3, 0.4) is 0 Å². The van der Waals surface area contributed by atoms with Crippen molar-refractivity contribution in [3.8, 4) is 0 Å². The minimum atomic E-state index is -0.989. The van der Waals surface area contributed by atoms with E-state index in [1.807, 2.05) is 6.07 Å². The minimum Gasteiger partial charge on any atom is -0.329 e. The number of anilines is 3. The molecule has 114 valence electrons. The average molecular weight is 311 g/mol. The first kappa shape index (κ1) is 15.2. The topological polar surface area (TPSA) is 67.1 Å². The van der Waals surface area contributed by atoms with Gasteiger partial charge in [0.25, 0.3) is 0 Å². The van der Waals surface area contributed by atoms with Gasteiger partial charge in [0.1, 0.15) is 13.7 Å². The number of halogens is 2. The summed E-state index contributed by atoms with van der Waals surface area (Å²) in [6, 6.07) is 9.15. The summed E-state index contributed by atoms with van der Waals surface area (Å²) in [6.07, 6.45) is 0. The Morgan fingerprint density at radius 1 is 1.13 bits per heavy atom. The van der Waals surface area contributed by atoms with Crippen molar-refractivity contribution in [1.82, 2.24) is 9.97 Å². The van der Waals surface area contributed by atoms with Gasteiger partial charge in [-0.2, -0.15) is 4.98 Å². The molecule has 3 rings (SSSR count). The van der Waals surface area contributed by atoms with E-state index in [1.54, 1.807) is 30.1 Å². The van der Waals surface area contributed by atoms with Crippen LogP contribution in [0.2, 0.25) is 0 Å². The van der Waals surface area contributed by atoms with Crippen molar-refractivity contribution in [2.45, 2.75) is 0 Å². The first-order valence-electron chi connectivity index (χ1n) is 6.72. The van der Waals surface area contributed by atoms with Gasteiger partial charge in [-0.25, -0.2) is 19.6 Å². The highest BCUT2D eigenvalue weighted by molar-refractivity contribution is 6.32. The molecule has 2 aromatic carbocycles. The molecule has 5 nitrogen and oxygen atoms in total. The number of hydrazine groups is 1. The zero-order chi connectivity index (χ0) is 16.6. The van der Waals surface area contributed by atoms with Gasteiger partial charge in [-0.05, 0) is 18.2 Å². The summed E-state index contributed by atoms with van der Waals surface area (Å²) >= 11 is 0. The van der Waals surface area contributed by atoms with Gasteiger partial charge >= 0.3 is 0 Å². The third-order valence-electron chi connectivity index (χ3n) is 3.42. The van der Waals surface area contributed by atoms with E-state index in [1.165, 1.54) is 0 Å². The Morgan fingerprint density at radius 3 is 2.57 bits per heavy atom. The molecule has 3 aromatic rings. The lowest BCUT2D eigenvalue weighted by atomic mass is 9.96. The molecule has 0 bridgehead atoms. The molecule has 0 amide bonds. The second-order valence-electron chi connectivity index (χ2n) is 4.95. The lowest BCUT2D eigenvalue weighted by Gasteiger charge is -2.21. The summed E-state index contributed by atoms with van der Waals surface area (Å²) in [6.45, 7) is 0. The van der Waals surface area contributed by atoms with Gasteiger partial charge in [-0.3, -0.25) is 5.43 Å². The molecule has 0 aliphatic rings. The first-order valence-corrected chi connectivity index (χ1v) is 6.72. The van der Waals surface area contributed by atoms with Crippen molar-refractivity contribution < 1.29 is 8.78 Å². The smallest absolute Gasteiger partial charge is 0.239 e. The number of hydrogen-bond acceptors (Lipinski definition) is 5. The SMILES string of the molecule is [B]c1cccc(N(C)c2nc(NN)nc3cc(F)c(F)cc23)c1. The summed E-state index contributed by atoms with van der Waals surface area (Å²) in [5.74, 6) is 3.85. The number of rotatable bonds is 3. The van der Waals surface area contributed by atoms with Gasteiger partial charge in [0.15, 0.2) is 11.6 Å². The number of fused-ring (bicyclic) bond motifs is 1. The molecule has 0 aliphatic carbocycles. The Kier molecular flexibility index (Phi) is 3.83. The van der Waals surface area contributed by atoms with E-state index in [0.717, 1.165) is 17.8 Å². The summed E-state index contributed by atoms with van der Waals surface area (Å²) < 4.78 is 27.1. The first-order chi connectivity index (χ1) is 11.0. The lowest BCUT2D eigenvalue weighted by Crippen LogP contribution is -2.17. The molecule has 0 atom stereocenters. The second-order valence-corrected chi connectivity index (χ2v) is 4.95. The van der Waals surface area contributed by atoms with Crippen LogP contribution in [0.25, 0.3) is 10.9 Å². The molecule has 3 N–H and O–H groups in total. The van der Waals surface area contributed by atoms with E-state index in [2.05, 4.69) is 15.4 Å². The molecular formula is C15H12BF2N5. The standard InChI is InChI=1S/C15H12BF2N5/c1-23(9-4-2-3-8(16)5-9)14-10-6-11(17)12(18)7-13(10)20-15(21-14)22-19/h2-7H,19H2,1H3,(H,20,21,22). The number of nitrogens with zero attached hydrogens (tertiary/aromatic N) is 3. The van der Waals surface area contributed by atoms with E-state index < -0.39 is 11.6 Å². The fraction of sp³-hybridized carbons (Fsp3) is 0.0667. The van der Waals surface area contributed by atoms with Crippen LogP contribution in [0.5, 0.6) is 0 Å². The van der Waals surface area contributed by atoms with Crippen LogP contribution >= 0.6 is 0 Å². The molecule has 0 spiro atoms. The Labute approximate surface area is 132 Å². The Hall–Kier alpha value is -2.74. The molecule has 23 heavy (non-hydrogen) atoms. The Morgan fingerprint density at radius 2 is 1.87 bits per heavy atom. The zero-order valence-electron chi connectivity index (χ0n) is 12.2. The van der Waals surface area contributed by atoms with Crippen LogP contribution in [0.15, 0.2) is 36.4 Å². The third-order valence-corrected chi connectivity index (χ3v) is 3.42. The Bertz CT molecular complexity index is 887. The van der Waals surface area contributed by atoms with Gasteiger partial charge in [-0.15, -0.1) is 0 Å². The van der Waals surface area contributed by atoms with Gasteiger partial charge in [-0.1, -0.05) is 17.6 Å². The number of nitrogens with two attached hydrogens (primary N) is 1. The molecular weight excluding hydrogens is 299 g/mol. The van der Waals surface area contributed by atoms with Gasteiger partial charge in [0.05, 0.1) is 5.52 Å². The molecule has 1 aromatic heterocycles. The van der Waals surface area contributed by atoms with Crippen LogP contribution in [0.1, 0.15) is 0 Å². The molecule has 0 saturated carbocycles. The predicted octanol–water partition coefficient (Wildman–Crippen LogP) is 1.76. The third kappa shape index (κ3) is 2.80. The van der Waals surface area contributed by atoms with E-state index >= 15 is 0 Å².